The van der Waals surface area contributed by atoms with E-state index in [1.54, 1.807) is 0 Å². The molecule has 2 nitrogen and oxygen atoms in total. The SMILES string of the molecule is CCCCCCC1CCC(OC(=O)c2ccc(-c3ccc(-c4ccccc4)cc3)cc2)CC1. The molecule has 1 aliphatic carbocycles. The molecule has 3 aromatic carbocycles. The van der Waals surface area contributed by atoms with Crippen LogP contribution in [-0.4, -0.2) is 12.1 Å². The Balaban J connectivity index is 1.27. The van der Waals surface area contributed by atoms with Gasteiger partial charge in [0.05, 0.1) is 5.56 Å². The van der Waals surface area contributed by atoms with Crippen molar-refractivity contribution in [1.82, 2.24) is 0 Å². The van der Waals surface area contributed by atoms with Crippen molar-refractivity contribution in [2.45, 2.75) is 70.8 Å². The van der Waals surface area contributed by atoms with Gasteiger partial charge in [0.2, 0.25) is 0 Å². The molecule has 0 unspecified atom stereocenters. The maximum atomic E-state index is 12.7. The molecule has 0 N–H and O–H groups in total. The Morgan fingerprint density at radius 2 is 1.24 bits per heavy atom. The van der Waals surface area contributed by atoms with Crippen molar-refractivity contribution in [2.24, 2.45) is 5.92 Å². The van der Waals surface area contributed by atoms with Gasteiger partial charge in [0.1, 0.15) is 6.10 Å². The van der Waals surface area contributed by atoms with Crippen LogP contribution in [0.2, 0.25) is 0 Å². The van der Waals surface area contributed by atoms with E-state index in [1.165, 1.54) is 56.1 Å². The molecule has 0 saturated heterocycles. The zero-order valence-corrected chi connectivity index (χ0v) is 19.8. The summed E-state index contributed by atoms with van der Waals surface area (Å²) in [6.07, 6.45) is 11.2. The van der Waals surface area contributed by atoms with Crippen molar-refractivity contribution in [3.8, 4) is 22.3 Å². The first-order valence-electron chi connectivity index (χ1n) is 12.7. The highest BCUT2D eigenvalue weighted by atomic mass is 16.5. The van der Waals surface area contributed by atoms with E-state index in [0.717, 1.165) is 29.9 Å². The lowest BCUT2D eigenvalue weighted by Gasteiger charge is -2.28. The van der Waals surface area contributed by atoms with E-state index in [-0.39, 0.29) is 12.1 Å². The summed E-state index contributed by atoms with van der Waals surface area (Å²) in [5, 5.41) is 0. The summed E-state index contributed by atoms with van der Waals surface area (Å²) in [4.78, 5) is 12.7. The predicted octanol–water partition coefficient (Wildman–Crippen LogP) is 8.71. The van der Waals surface area contributed by atoms with Gasteiger partial charge in [-0.25, -0.2) is 4.79 Å². The topological polar surface area (TPSA) is 26.3 Å². The van der Waals surface area contributed by atoms with E-state index in [9.17, 15) is 4.79 Å². The Kier molecular flexibility index (Phi) is 8.35. The molecule has 4 rings (SSSR count). The summed E-state index contributed by atoms with van der Waals surface area (Å²) in [5.41, 5.74) is 5.31. The Morgan fingerprint density at radius 1 is 0.697 bits per heavy atom. The van der Waals surface area contributed by atoms with Crippen LogP contribution >= 0.6 is 0 Å². The van der Waals surface area contributed by atoms with Gasteiger partial charge in [-0.3, -0.25) is 0 Å². The highest BCUT2D eigenvalue weighted by Gasteiger charge is 2.24. The van der Waals surface area contributed by atoms with Gasteiger partial charge < -0.3 is 4.74 Å². The number of esters is 1. The number of rotatable bonds is 9. The first-order chi connectivity index (χ1) is 16.2. The Hall–Kier alpha value is -2.87. The van der Waals surface area contributed by atoms with Crippen LogP contribution in [0.1, 0.15) is 75.1 Å². The second kappa shape index (κ2) is 11.8. The minimum atomic E-state index is -0.188. The Morgan fingerprint density at radius 3 is 1.82 bits per heavy atom. The third-order valence-corrected chi connectivity index (χ3v) is 6.98. The van der Waals surface area contributed by atoms with Crippen LogP contribution in [0.15, 0.2) is 78.9 Å². The van der Waals surface area contributed by atoms with Gasteiger partial charge in [0.25, 0.3) is 0 Å². The minimum Gasteiger partial charge on any atom is -0.459 e. The van der Waals surface area contributed by atoms with Crippen LogP contribution in [0.5, 0.6) is 0 Å². The third-order valence-electron chi connectivity index (χ3n) is 6.98. The van der Waals surface area contributed by atoms with Crippen molar-refractivity contribution >= 4 is 5.97 Å². The van der Waals surface area contributed by atoms with E-state index >= 15 is 0 Å². The largest absolute Gasteiger partial charge is 0.459 e. The second-order valence-corrected chi connectivity index (χ2v) is 9.42. The average molecular weight is 441 g/mol. The van der Waals surface area contributed by atoms with Crippen molar-refractivity contribution in [3.63, 3.8) is 0 Å². The van der Waals surface area contributed by atoms with Crippen molar-refractivity contribution in [2.75, 3.05) is 0 Å². The van der Waals surface area contributed by atoms with Gasteiger partial charge in [0.15, 0.2) is 0 Å². The minimum absolute atomic E-state index is 0.0783. The maximum absolute atomic E-state index is 12.7. The molecule has 0 bridgehead atoms. The number of carbonyl (C=O) groups excluding carboxylic acids is 1. The van der Waals surface area contributed by atoms with Crippen molar-refractivity contribution < 1.29 is 9.53 Å². The lowest BCUT2D eigenvalue weighted by atomic mass is 9.84. The molecular weight excluding hydrogens is 404 g/mol. The summed E-state index contributed by atoms with van der Waals surface area (Å²) < 4.78 is 5.84. The highest BCUT2D eigenvalue weighted by Crippen LogP contribution is 2.31. The lowest BCUT2D eigenvalue weighted by molar-refractivity contribution is 0.0161. The van der Waals surface area contributed by atoms with Gasteiger partial charge in [0, 0.05) is 0 Å². The zero-order valence-electron chi connectivity index (χ0n) is 19.8. The molecule has 3 aromatic rings. The molecule has 0 radical (unpaired) electrons. The first kappa shape index (κ1) is 23.3. The van der Waals surface area contributed by atoms with Crippen LogP contribution < -0.4 is 0 Å². The summed E-state index contributed by atoms with van der Waals surface area (Å²) in [5.74, 6) is 0.636. The molecule has 0 aliphatic heterocycles. The smallest absolute Gasteiger partial charge is 0.338 e. The first-order valence-corrected chi connectivity index (χ1v) is 12.7. The molecule has 2 heteroatoms. The number of hydrogen-bond acceptors (Lipinski definition) is 2. The molecule has 172 valence electrons. The zero-order chi connectivity index (χ0) is 22.9. The number of benzene rings is 3. The quantitative estimate of drug-likeness (QED) is 0.246. The van der Waals surface area contributed by atoms with Crippen LogP contribution in [0.25, 0.3) is 22.3 Å². The molecule has 33 heavy (non-hydrogen) atoms. The van der Waals surface area contributed by atoms with Crippen molar-refractivity contribution in [3.05, 3.63) is 84.4 Å². The molecule has 0 heterocycles. The molecule has 0 atom stereocenters. The molecule has 1 fully saturated rings. The van der Waals surface area contributed by atoms with Crippen LogP contribution in [0.3, 0.4) is 0 Å². The fraction of sp³-hybridized carbons (Fsp3) is 0.387. The molecule has 1 saturated carbocycles. The lowest BCUT2D eigenvalue weighted by Crippen LogP contribution is -2.24. The normalized spacial score (nSPS) is 18.1. The third kappa shape index (κ3) is 6.57. The fourth-order valence-corrected chi connectivity index (χ4v) is 4.90. The number of carbonyl (C=O) groups is 1. The van der Waals surface area contributed by atoms with Crippen LogP contribution in [0.4, 0.5) is 0 Å². The number of ether oxygens (including phenoxy) is 1. The summed E-state index contributed by atoms with van der Waals surface area (Å²) in [6, 6.07) is 26.8. The highest BCUT2D eigenvalue weighted by molar-refractivity contribution is 5.90. The summed E-state index contributed by atoms with van der Waals surface area (Å²) in [7, 11) is 0. The number of hydrogen-bond donors (Lipinski definition) is 0. The van der Waals surface area contributed by atoms with Gasteiger partial charge in [-0.05, 0) is 66.0 Å². The van der Waals surface area contributed by atoms with E-state index < -0.39 is 0 Å². The molecule has 0 amide bonds. The monoisotopic (exact) mass is 440 g/mol. The molecule has 0 aromatic heterocycles. The average Bonchev–Trinajstić information content (AvgIpc) is 2.88. The molecular formula is C31H36O2. The Labute approximate surface area is 199 Å². The van der Waals surface area contributed by atoms with Gasteiger partial charge in [-0.15, -0.1) is 0 Å². The van der Waals surface area contributed by atoms with Crippen molar-refractivity contribution in [1.29, 1.82) is 0 Å². The molecule has 0 spiro atoms. The Bertz CT molecular complexity index is 981. The van der Waals surface area contributed by atoms with Gasteiger partial charge in [-0.1, -0.05) is 106 Å². The predicted molar refractivity (Wildman–Crippen MR) is 137 cm³/mol. The summed E-state index contributed by atoms with van der Waals surface area (Å²) >= 11 is 0. The maximum Gasteiger partial charge on any atom is 0.338 e. The van der Waals surface area contributed by atoms with Gasteiger partial charge in [-0.2, -0.15) is 0 Å². The summed E-state index contributed by atoms with van der Waals surface area (Å²) in [6.45, 7) is 2.26. The van der Waals surface area contributed by atoms with E-state index in [4.69, 9.17) is 4.74 Å². The van der Waals surface area contributed by atoms with Crippen LogP contribution in [0, 0.1) is 5.92 Å². The van der Waals surface area contributed by atoms with Gasteiger partial charge >= 0.3 is 5.97 Å². The van der Waals surface area contributed by atoms with E-state index in [1.807, 2.05) is 30.3 Å². The van der Waals surface area contributed by atoms with Crippen LogP contribution in [-0.2, 0) is 4.74 Å². The second-order valence-electron chi connectivity index (χ2n) is 9.42. The number of unbranched alkanes of at least 4 members (excludes halogenated alkanes) is 3. The molecule has 1 aliphatic rings. The van der Waals surface area contributed by atoms with E-state index in [0.29, 0.717) is 5.56 Å². The van der Waals surface area contributed by atoms with E-state index in [2.05, 4.69) is 55.5 Å². The fourth-order valence-electron chi connectivity index (χ4n) is 4.90. The standard InChI is InChI=1S/C31H36O2/c1-2-3-4-6-9-24-12-22-30(23-13-24)33-31(32)29-20-18-28(19-21-29)27-16-14-26(15-17-27)25-10-7-5-8-11-25/h5,7-8,10-11,14-21,24,30H,2-4,6,9,12-13,22-23H2,1H3.